The fourth-order valence-electron chi connectivity index (χ4n) is 2.99. The Morgan fingerprint density at radius 3 is 2.47 bits per heavy atom. The maximum Gasteiger partial charge on any atom is 0.152 e. The summed E-state index contributed by atoms with van der Waals surface area (Å²) in [6, 6.07) is 17.8. The number of nitrogens with zero attached hydrogens (tertiary/aromatic N) is 5. The van der Waals surface area contributed by atoms with E-state index in [0.717, 1.165) is 28.5 Å². The van der Waals surface area contributed by atoms with Gasteiger partial charge in [0.25, 0.3) is 0 Å². The summed E-state index contributed by atoms with van der Waals surface area (Å²) in [6.07, 6.45) is 0.938. The van der Waals surface area contributed by atoms with Crippen LogP contribution in [0.3, 0.4) is 0 Å². The lowest BCUT2D eigenvalue weighted by molar-refractivity contribution is 0.306. The van der Waals surface area contributed by atoms with Crippen molar-refractivity contribution in [2.75, 3.05) is 7.11 Å². The zero-order chi connectivity index (χ0) is 21.2. The normalized spacial score (nSPS) is 11.1. The number of methoxy groups -OCH3 is 1. The first-order valence-electron chi connectivity index (χ1n) is 9.63. The lowest BCUT2D eigenvalue weighted by Crippen LogP contribution is -2.10. The summed E-state index contributed by atoms with van der Waals surface area (Å²) in [7, 11) is 1.65. The summed E-state index contributed by atoms with van der Waals surface area (Å²) in [6.45, 7) is 2.77. The van der Waals surface area contributed by atoms with Crippen LogP contribution in [0.15, 0.2) is 48.5 Å². The second-order valence-corrected chi connectivity index (χ2v) is 6.58. The molecule has 0 saturated carbocycles. The molecule has 7 nitrogen and oxygen atoms in total. The van der Waals surface area contributed by atoms with Crippen LogP contribution in [-0.4, -0.2) is 27.3 Å². The van der Waals surface area contributed by atoms with Crippen molar-refractivity contribution in [3.63, 3.8) is 0 Å². The number of hydrogen-bond acceptors (Lipinski definition) is 6. The van der Waals surface area contributed by atoms with Crippen molar-refractivity contribution < 1.29 is 9.47 Å². The van der Waals surface area contributed by atoms with Gasteiger partial charge in [0, 0.05) is 6.42 Å². The molecule has 0 saturated heterocycles. The van der Waals surface area contributed by atoms with Crippen LogP contribution >= 0.6 is 0 Å². The van der Waals surface area contributed by atoms with Crippen LogP contribution in [0.25, 0.3) is 0 Å². The van der Waals surface area contributed by atoms with E-state index in [0.29, 0.717) is 26.0 Å². The van der Waals surface area contributed by atoms with E-state index >= 15 is 0 Å². The van der Waals surface area contributed by atoms with Gasteiger partial charge < -0.3 is 9.47 Å². The molecule has 1 heterocycles. The molecule has 0 fully saturated rings. The van der Waals surface area contributed by atoms with Gasteiger partial charge in [0.05, 0.1) is 32.1 Å². The van der Waals surface area contributed by atoms with Crippen LogP contribution < -0.4 is 9.47 Å². The Labute approximate surface area is 176 Å². The smallest absolute Gasteiger partial charge is 0.152 e. The van der Waals surface area contributed by atoms with Crippen LogP contribution in [0.5, 0.6) is 11.5 Å². The van der Waals surface area contributed by atoms with Gasteiger partial charge in [-0.2, -0.15) is 5.26 Å². The Kier molecular flexibility index (Phi) is 7.40. The molecule has 0 N–H and O–H groups in total. The minimum Gasteiger partial charge on any atom is -0.497 e. The molecule has 1 atom stereocenters. The Morgan fingerprint density at radius 1 is 1.07 bits per heavy atom. The maximum atomic E-state index is 8.79. The van der Waals surface area contributed by atoms with Crippen LogP contribution in [0.2, 0.25) is 0 Å². The van der Waals surface area contributed by atoms with Crippen LogP contribution in [-0.2, 0) is 19.6 Å². The van der Waals surface area contributed by atoms with Gasteiger partial charge in [0.2, 0.25) is 0 Å². The molecule has 3 rings (SSSR count). The van der Waals surface area contributed by atoms with Gasteiger partial charge in [0.15, 0.2) is 5.82 Å². The largest absolute Gasteiger partial charge is 0.497 e. The lowest BCUT2D eigenvalue weighted by Gasteiger charge is -2.12. The number of aryl methyl sites for hydroxylation is 1. The summed E-state index contributed by atoms with van der Waals surface area (Å²) in [4.78, 5) is 0. The molecule has 7 heteroatoms. The van der Waals surface area contributed by atoms with Crippen molar-refractivity contribution in [1.82, 2.24) is 20.2 Å². The molecule has 0 spiro atoms. The van der Waals surface area contributed by atoms with Gasteiger partial charge >= 0.3 is 0 Å². The molecule has 0 aliphatic heterocycles. The molecule has 0 radical (unpaired) electrons. The second-order valence-electron chi connectivity index (χ2n) is 6.58. The van der Waals surface area contributed by atoms with E-state index < -0.39 is 0 Å². The van der Waals surface area contributed by atoms with Gasteiger partial charge in [-0.25, -0.2) is 4.68 Å². The van der Waals surface area contributed by atoms with E-state index in [4.69, 9.17) is 14.7 Å². The summed E-state index contributed by atoms with van der Waals surface area (Å²) in [5, 5.41) is 20.6. The number of aromatic nitrogens is 4. The number of tetrazole rings is 1. The van der Waals surface area contributed by atoms with Crippen molar-refractivity contribution >= 4 is 0 Å². The first kappa shape index (κ1) is 20.9. The average Bonchev–Trinajstić information content (AvgIpc) is 3.23. The highest BCUT2D eigenvalue weighted by Gasteiger charge is 2.15. The fourth-order valence-corrected chi connectivity index (χ4v) is 2.99. The number of hydrogen-bond donors (Lipinski definition) is 0. The van der Waals surface area contributed by atoms with Gasteiger partial charge in [-0.15, -0.1) is 11.0 Å². The molecule has 0 amide bonds. The van der Waals surface area contributed by atoms with Crippen molar-refractivity contribution in [2.24, 2.45) is 0 Å². The van der Waals surface area contributed by atoms with Crippen LogP contribution in [0, 0.1) is 23.2 Å². The molecule has 3 aromatic rings. The lowest BCUT2D eigenvalue weighted by atomic mass is 9.95. The summed E-state index contributed by atoms with van der Waals surface area (Å²) in [5.41, 5.74) is 2.13. The Hall–Kier alpha value is -3.84. The fraction of sp³-hybridized carbons (Fsp3) is 0.304. The maximum absolute atomic E-state index is 8.79. The number of nitriles is 1. The van der Waals surface area contributed by atoms with Crippen molar-refractivity contribution in [3.05, 3.63) is 65.5 Å². The van der Waals surface area contributed by atoms with E-state index in [-0.39, 0.29) is 5.92 Å². The average molecular weight is 401 g/mol. The second kappa shape index (κ2) is 10.6. The van der Waals surface area contributed by atoms with E-state index in [2.05, 4.69) is 33.4 Å². The number of ether oxygens (including phenoxy) is 2. The number of rotatable bonds is 9. The molecular weight excluding hydrogens is 378 g/mol. The van der Waals surface area contributed by atoms with Crippen molar-refractivity contribution in [2.45, 2.75) is 38.8 Å². The van der Waals surface area contributed by atoms with Gasteiger partial charge in [-0.1, -0.05) is 30.2 Å². The molecule has 152 valence electrons. The third-order valence-electron chi connectivity index (χ3n) is 4.59. The first-order valence-corrected chi connectivity index (χ1v) is 9.63. The highest BCUT2D eigenvalue weighted by molar-refractivity contribution is 5.34. The van der Waals surface area contributed by atoms with Crippen molar-refractivity contribution in [3.8, 4) is 29.4 Å². The van der Waals surface area contributed by atoms with Gasteiger partial charge in [0.1, 0.15) is 18.1 Å². The molecule has 0 aliphatic rings. The molecule has 30 heavy (non-hydrogen) atoms. The highest BCUT2D eigenvalue weighted by Crippen LogP contribution is 2.23. The minimum absolute atomic E-state index is 0.0440. The van der Waals surface area contributed by atoms with Gasteiger partial charge in [-0.05, 0) is 52.7 Å². The quantitative estimate of drug-likeness (QED) is 0.510. The molecular formula is C23H23N5O2. The number of benzene rings is 2. The first-order chi connectivity index (χ1) is 14.7. The topological polar surface area (TPSA) is 85.9 Å². The molecule has 2 aromatic carbocycles. The predicted molar refractivity (Wildman–Crippen MR) is 112 cm³/mol. The van der Waals surface area contributed by atoms with Gasteiger partial charge in [-0.3, -0.25) is 0 Å². The standard InChI is InChI=1S/C23H23N5O2/c1-3-5-20(16-23-25-26-27-28(23)15-4-14-24)19-8-12-22(13-9-19)30-17-18-6-10-21(29-2)11-7-18/h6-13,20H,4,15-17H2,1-2H3/t20-/m0/s1. The zero-order valence-electron chi connectivity index (χ0n) is 17.1. The van der Waals surface area contributed by atoms with Crippen molar-refractivity contribution in [1.29, 1.82) is 5.26 Å². The van der Waals surface area contributed by atoms with E-state index in [1.165, 1.54) is 0 Å². The third-order valence-corrected chi connectivity index (χ3v) is 4.59. The Bertz CT molecular complexity index is 1040. The molecule has 0 bridgehead atoms. The van der Waals surface area contributed by atoms with E-state index in [9.17, 15) is 0 Å². The molecule has 0 unspecified atom stereocenters. The summed E-state index contributed by atoms with van der Waals surface area (Å²) in [5.74, 6) is 8.51. The molecule has 0 aliphatic carbocycles. The van der Waals surface area contributed by atoms with Crippen LogP contribution in [0.4, 0.5) is 0 Å². The predicted octanol–water partition coefficient (Wildman–Crippen LogP) is 3.52. The van der Waals surface area contributed by atoms with Crippen LogP contribution in [0.1, 0.15) is 36.2 Å². The summed E-state index contributed by atoms with van der Waals surface area (Å²) < 4.78 is 12.7. The Balaban J connectivity index is 1.65. The van der Waals surface area contributed by atoms with E-state index in [1.54, 1.807) is 11.8 Å². The minimum atomic E-state index is -0.0440. The monoisotopic (exact) mass is 401 g/mol. The SMILES string of the molecule is CC#C[C@@H](Cc1nnnn1CCC#N)c1ccc(OCc2ccc(OC)cc2)cc1. The third kappa shape index (κ3) is 5.59. The molecule has 1 aromatic heterocycles. The summed E-state index contributed by atoms with van der Waals surface area (Å²) >= 11 is 0. The zero-order valence-corrected chi connectivity index (χ0v) is 17.1. The van der Waals surface area contributed by atoms with E-state index in [1.807, 2.05) is 55.5 Å². The Morgan fingerprint density at radius 2 is 1.80 bits per heavy atom. The highest BCUT2D eigenvalue weighted by atomic mass is 16.5.